The van der Waals surface area contributed by atoms with Crippen molar-refractivity contribution in [2.75, 3.05) is 18.0 Å². The van der Waals surface area contributed by atoms with Gasteiger partial charge in [0.05, 0.1) is 11.8 Å². The molecule has 1 saturated heterocycles. The smallest absolute Gasteiger partial charge is 0.233 e. The van der Waals surface area contributed by atoms with E-state index in [-0.39, 0.29) is 42.5 Å². The summed E-state index contributed by atoms with van der Waals surface area (Å²) in [7, 11) is 0. The van der Waals surface area contributed by atoms with Crippen LogP contribution in [-0.2, 0) is 20.8 Å². The molecule has 2 unspecified atom stereocenters. The van der Waals surface area contributed by atoms with Gasteiger partial charge in [-0.05, 0) is 48.8 Å². The quantitative estimate of drug-likeness (QED) is 0.747. The maximum Gasteiger partial charge on any atom is 0.233 e. The van der Waals surface area contributed by atoms with Gasteiger partial charge in [0.2, 0.25) is 17.7 Å². The molecule has 0 N–H and O–H groups in total. The number of imide groups is 1. The predicted octanol–water partition coefficient (Wildman–Crippen LogP) is 3.65. The number of carbonyl (C=O) groups excluding carboxylic acids is 3. The minimum atomic E-state index is -0.137. The summed E-state index contributed by atoms with van der Waals surface area (Å²) in [5.74, 6) is 0.0927. The van der Waals surface area contributed by atoms with Gasteiger partial charge in [0.1, 0.15) is 0 Å². The number of amides is 3. The standard InChI is InChI=1S/C23H30N2O3/c1-15(2)16-9-10-20-17(14-16)6-5-12-24(20)21(26)11-13-25-22(27)18-7-3-4-8-19(18)23(25)28/h9-10,14-15,18-19H,3-8,11-13H2,1-2H3. The molecule has 0 radical (unpaired) electrons. The number of fused-ring (bicyclic) bond motifs is 2. The molecule has 2 aliphatic heterocycles. The average Bonchev–Trinajstić information content (AvgIpc) is 2.95. The van der Waals surface area contributed by atoms with Crippen molar-refractivity contribution in [3.8, 4) is 0 Å². The first-order chi connectivity index (χ1) is 13.5. The second-order valence-electron chi connectivity index (χ2n) is 8.77. The Morgan fingerprint density at radius 1 is 1.07 bits per heavy atom. The van der Waals surface area contributed by atoms with E-state index in [4.69, 9.17) is 0 Å². The summed E-state index contributed by atoms with van der Waals surface area (Å²) in [6, 6.07) is 6.38. The lowest BCUT2D eigenvalue weighted by atomic mass is 9.81. The van der Waals surface area contributed by atoms with Gasteiger partial charge in [-0.1, -0.05) is 38.8 Å². The van der Waals surface area contributed by atoms with Crippen LogP contribution in [0.25, 0.3) is 0 Å². The molecule has 3 amide bonds. The summed E-state index contributed by atoms with van der Waals surface area (Å²) in [4.78, 5) is 41.4. The fraction of sp³-hybridized carbons (Fsp3) is 0.609. The molecule has 0 spiro atoms. The van der Waals surface area contributed by atoms with Gasteiger partial charge in [-0.15, -0.1) is 0 Å². The van der Waals surface area contributed by atoms with Crippen LogP contribution in [-0.4, -0.2) is 35.7 Å². The number of aryl methyl sites for hydroxylation is 1. The monoisotopic (exact) mass is 382 g/mol. The second-order valence-corrected chi connectivity index (χ2v) is 8.77. The van der Waals surface area contributed by atoms with Gasteiger partial charge in [0.25, 0.3) is 0 Å². The third-order valence-electron chi connectivity index (χ3n) is 6.67. The zero-order valence-corrected chi connectivity index (χ0v) is 16.9. The molecule has 2 heterocycles. The molecule has 2 atom stereocenters. The molecule has 150 valence electrons. The number of nitrogens with zero attached hydrogens (tertiary/aromatic N) is 2. The van der Waals surface area contributed by atoms with Crippen molar-refractivity contribution >= 4 is 23.4 Å². The van der Waals surface area contributed by atoms with Crippen LogP contribution in [0.1, 0.15) is 69.4 Å². The summed E-state index contributed by atoms with van der Waals surface area (Å²) in [6.45, 7) is 5.28. The minimum absolute atomic E-state index is 0.00807. The van der Waals surface area contributed by atoms with Gasteiger partial charge in [-0.25, -0.2) is 0 Å². The second kappa shape index (κ2) is 7.69. The number of benzene rings is 1. The van der Waals surface area contributed by atoms with Gasteiger partial charge in [-0.2, -0.15) is 0 Å². The highest BCUT2D eigenvalue weighted by Gasteiger charge is 2.47. The first-order valence-electron chi connectivity index (χ1n) is 10.8. The molecule has 0 aromatic heterocycles. The van der Waals surface area contributed by atoms with Crippen LogP contribution < -0.4 is 4.90 Å². The number of hydrogen-bond acceptors (Lipinski definition) is 3. The third-order valence-corrected chi connectivity index (χ3v) is 6.67. The molecule has 0 bridgehead atoms. The van der Waals surface area contributed by atoms with Gasteiger partial charge < -0.3 is 4.90 Å². The Bertz CT molecular complexity index is 777. The first kappa shape index (κ1) is 19.2. The molecular weight excluding hydrogens is 352 g/mol. The van der Waals surface area contributed by atoms with Crippen LogP contribution in [0.4, 0.5) is 5.69 Å². The molecular formula is C23H30N2O3. The Morgan fingerprint density at radius 2 is 1.75 bits per heavy atom. The Morgan fingerprint density at radius 3 is 2.39 bits per heavy atom. The van der Waals surface area contributed by atoms with Crippen LogP contribution >= 0.6 is 0 Å². The molecule has 4 rings (SSSR count). The van der Waals surface area contributed by atoms with E-state index >= 15 is 0 Å². The Labute approximate surface area is 167 Å². The maximum absolute atomic E-state index is 12.9. The molecule has 5 heteroatoms. The van der Waals surface area contributed by atoms with Crippen LogP contribution in [0.5, 0.6) is 0 Å². The largest absolute Gasteiger partial charge is 0.312 e. The van der Waals surface area contributed by atoms with E-state index in [0.717, 1.165) is 44.2 Å². The highest BCUT2D eigenvalue weighted by molar-refractivity contribution is 6.05. The third kappa shape index (κ3) is 3.36. The van der Waals surface area contributed by atoms with Gasteiger partial charge in [-0.3, -0.25) is 19.3 Å². The van der Waals surface area contributed by atoms with E-state index in [1.807, 2.05) is 4.90 Å². The Balaban J connectivity index is 1.44. The molecule has 5 nitrogen and oxygen atoms in total. The number of hydrogen-bond donors (Lipinski definition) is 0. The molecule has 2 fully saturated rings. The molecule has 1 aromatic rings. The zero-order chi connectivity index (χ0) is 19.8. The molecule has 1 saturated carbocycles. The van der Waals surface area contributed by atoms with Crippen molar-refractivity contribution in [2.24, 2.45) is 11.8 Å². The summed E-state index contributed by atoms with van der Waals surface area (Å²) < 4.78 is 0. The number of carbonyl (C=O) groups is 3. The number of rotatable bonds is 4. The van der Waals surface area contributed by atoms with Crippen molar-refractivity contribution < 1.29 is 14.4 Å². The van der Waals surface area contributed by atoms with E-state index in [0.29, 0.717) is 12.5 Å². The van der Waals surface area contributed by atoms with E-state index in [1.54, 1.807) is 0 Å². The van der Waals surface area contributed by atoms with E-state index in [1.165, 1.54) is 16.0 Å². The average molecular weight is 383 g/mol. The lowest BCUT2D eigenvalue weighted by molar-refractivity contribution is -0.140. The Kier molecular flexibility index (Phi) is 5.26. The van der Waals surface area contributed by atoms with Crippen molar-refractivity contribution in [3.05, 3.63) is 29.3 Å². The normalized spacial score (nSPS) is 24.5. The fourth-order valence-electron chi connectivity index (χ4n) is 5.03. The van der Waals surface area contributed by atoms with Crippen LogP contribution in [0.2, 0.25) is 0 Å². The molecule has 3 aliphatic rings. The predicted molar refractivity (Wildman–Crippen MR) is 108 cm³/mol. The van der Waals surface area contributed by atoms with E-state index in [2.05, 4.69) is 32.0 Å². The SMILES string of the molecule is CC(C)c1ccc2c(c1)CCCN2C(=O)CCN1C(=O)C2CCCCC2C1=O. The van der Waals surface area contributed by atoms with Gasteiger partial charge in [0.15, 0.2) is 0 Å². The van der Waals surface area contributed by atoms with E-state index < -0.39 is 0 Å². The Hall–Kier alpha value is -2.17. The van der Waals surface area contributed by atoms with Crippen LogP contribution in [0.15, 0.2) is 18.2 Å². The number of anilines is 1. The van der Waals surface area contributed by atoms with Crippen molar-refractivity contribution in [1.82, 2.24) is 4.90 Å². The topological polar surface area (TPSA) is 57.7 Å². The fourth-order valence-corrected chi connectivity index (χ4v) is 5.03. The lowest BCUT2D eigenvalue weighted by Crippen LogP contribution is -2.39. The van der Waals surface area contributed by atoms with Crippen LogP contribution in [0.3, 0.4) is 0 Å². The van der Waals surface area contributed by atoms with Crippen molar-refractivity contribution in [1.29, 1.82) is 0 Å². The highest BCUT2D eigenvalue weighted by atomic mass is 16.2. The maximum atomic E-state index is 12.9. The van der Waals surface area contributed by atoms with E-state index in [9.17, 15) is 14.4 Å². The summed E-state index contributed by atoms with van der Waals surface area (Å²) >= 11 is 0. The number of likely N-dealkylation sites (tertiary alicyclic amines) is 1. The summed E-state index contributed by atoms with van der Waals surface area (Å²) in [5, 5.41) is 0. The molecule has 28 heavy (non-hydrogen) atoms. The van der Waals surface area contributed by atoms with Gasteiger partial charge >= 0.3 is 0 Å². The molecule has 1 aliphatic carbocycles. The molecule has 1 aromatic carbocycles. The lowest BCUT2D eigenvalue weighted by Gasteiger charge is -2.30. The van der Waals surface area contributed by atoms with Crippen LogP contribution in [0, 0.1) is 11.8 Å². The van der Waals surface area contributed by atoms with Crippen molar-refractivity contribution in [3.63, 3.8) is 0 Å². The summed E-state index contributed by atoms with van der Waals surface area (Å²) in [5.41, 5.74) is 3.52. The minimum Gasteiger partial charge on any atom is -0.312 e. The van der Waals surface area contributed by atoms with Crippen molar-refractivity contribution in [2.45, 2.75) is 64.7 Å². The van der Waals surface area contributed by atoms with Gasteiger partial charge in [0, 0.05) is 25.2 Å². The summed E-state index contributed by atoms with van der Waals surface area (Å²) in [6.07, 6.45) is 5.83. The first-order valence-corrected chi connectivity index (χ1v) is 10.8. The zero-order valence-electron chi connectivity index (χ0n) is 16.9. The highest BCUT2D eigenvalue weighted by Crippen LogP contribution is 2.38.